The normalized spacial score (nSPS) is 19.5. The minimum atomic E-state index is 0.282. The number of rotatable bonds is 2. The Balaban J connectivity index is 2.63. The summed E-state index contributed by atoms with van der Waals surface area (Å²) in [5.74, 6) is 0.808. The fourth-order valence-electron chi connectivity index (χ4n) is 1.59. The van der Waals surface area contributed by atoms with Gasteiger partial charge in [0.2, 0.25) is 5.91 Å². The number of allylic oxidation sites excluding steroid dienone is 2. The quantitative estimate of drug-likeness (QED) is 0.617. The molecule has 0 aromatic heterocycles. The Morgan fingerprint density at radius 1 is 1.58 bits per heavy atom. The number of carbonyl (C=O) groups is 1. The maximum Gasteiger partial charge on any atom is 0.226 e. The maximum atomic E-state index is 11.3. The van der Waals surface area contributed by atoms with E-state index in [4.69, 9.17) is 0 Å². The average Bonchev–Trinajstić information content (AvgIpc) is 2.33. The molecule has 0 radical (unpaired) electrons. The van der Waals surface area contributed by atoms with Gasteiger partial charge >= 0.3 is 0 Å². The minimum absolute atomic E-state index is 0.282. The maximum absolute atomic E-state index is 11.3. The van der Waals surface area contributed by atoms with Crippen molar-refractivity contribution in [2.75, 3.05) is 6.54 Å². The molecule has 0 bridgehead atoms. The summed E-state index contributed by atoms with van der Waals surface area (Å²) in [4.78, 5) is 13.2. The highest BCUT2D eigenvalue weighted by atomic mass is 16.2. The van der Waals surface area contributed by atoms with E-state index in [2.05, 4.69) is 19.9 Å². The van der Waals surface area contributed by atoms with Crippen molar-refractivity contribution in [2.45, 2.75) is 33.6 Å². The molecule has 0 N–H and O–H groups in total. The van der Waals surface area contributed by atoms with Crippen molar-refractivity contribution in [1.29, 1.82) is 0 Å². The Morgan fingerprint density at radius 2 is 2.25 bits per heavy atom. The van der Waals surface area contributed by atoms with Crippen LogP contribution in [0.5, 0.6) is 0 Å². The Kier molecular flexibility index (Phi) is 2.90. The van der Waals surface area contributed by atoms with Crippen LogP contribution in [-0.4, -0.2) is 17.4 Å². The minimum Gasteiger partial charge on any atom is -0.317 e. The summed E-state index contributed by atoms with van der Waals surface area (Å²) in [6, 6.07) is 0. The Hall–Kier alpha value is -0.790. The van der Waals surface area contributed by atoms with Crippen LogP contribution in [0.3, 0.4) is 0 Å². The van der Waals surface area contributed by atoms with Crippen molar-refractivity contribution < 1.29 is 4.79 Å². The predicted molar refractivity (Wildman–Crippen MR) is 49.5 cm³/mol. The second kappa shape index (κ2) is 3.74. The van der Waals surface area contributed by atoms with Gasteiger partial charge in [-0.3, -0.25) is 4.79 Å². The lowest BCUT2D eigenvalue weighted by molar-refractivity contribution is -0.126. The van der Waals surface area contributed by atoms with E-state index >= 15 is 0 Å². The molecule has 1 heterocycles. The van der Waals surface area contributed by atoms with E-state index in [9.17, 15) is 4.79 Å². The molecule has 1 saturated heterocycles. The zero-order valence-electron chi connectivity index (χ0n) is 8.13. The van der Waals surface area contributed by atoms with Gasteiger partial charge in [0.05, 0.1) is 0 Å². The zero-order chi connectivity index (χ0) is 9.14. The molecule has 0 saturated carbocycles. The molecule has 0 aromatic rings. The molecule has 1 aliphatic heterocycles. The lowest BCUT2D eigenvalue weighted by atomic mass is 10.2. The molecule has 0 spiro atoms. The fraction of sp³-hybridized carbons (Fsp3) is 0.700. The molecule has 0 aliphatic carbocycles. The fourth-order valence-corrected chi connectivity index (χ4v) is 1.59. The first-order chi connectivity index (χ1) is 5.61. The molecule has 2 heteroatoms. The van der Waals surface area contributed by atoms with Gasteiger partial charge in [-0.15, -0.1) is 0 Å². The second-order valence-electron chi connectivity index (χ2n) is 3.70. The van der Waals surface area contributed by atoms with Crippen molar-refractivity contribution in [3.8, 4) is 0 Å². The summed E-state index contributed by atoms with van der Waals surface area (Å²) in [6.45, 7) is 7.19. The summed E-state index contributed by atoms with van der Waals surface area (Å²) in [6.07, 6.45) is 3.88. The summed E-state index contributed by atoms with van der Waals surface area (Å²) in [5, 5.41) is 0. The van der Waals surface area contributed by atoms with Gasteiger partial charge in [-0.2, -0.15) is 0 Å². The smallest absolute Gasteiger partial charge is 0.226 e. The molecule has 0 aromatic carbocycles. The number of hydrogen-bond acceptors (Lipinski definition) is 1. The van der Waals surface area contributed by atoms with E-state index in [1.807, 2.05) is 11.8 Å². The van der Waals surface area contributed by atoms with Crippen molar-refractivity contribution in [1.82, 2.24) is 4.90 Å². The first-order valence-electron chi connectivity index (χ1n) is 4.60. The molecule has 1 rings (SSSR count). The predicted octanol–water partition coefficient (Wildman–Crippen LogP) is 2.17. The highest BCUT2D eigenvalue weighted by Gasteiger charge is 2.20. The Labute approximate surface area is 74.2 Å². The monoisotopic (exact) mass is 167 g/mol. The van der Waals surface area contributed by atoms with Crippen LogP contribution in [0.2, 0.25) is 0 Å². The van der Waals surface area contributed by atoms with E-state index in [-0.39, 0.29) is 5.91 Å². The van der Waals surface area contributed by atoms with Gasteiger partial charge in [0.1, 0.15) is 0 Å². The highest BCUT2D eigenvalue weighted by molar-refractivity contribution is 5.79. The van der Waals surface area contributed by atoms with Crippen molar-refractivity contribution in [2.24, 2.45) is 5.92 Å². The Morgan fingerprint density at radius 3 is 2.67 bits per heavy atom. The summed E-state index contributed by atoms with van der Waals surface area (Å²) >= 11 is 0. The van der Waals surface area contributed by atoms with Gasteiger partial charge in [-0.05, 0) is 19.3 Å². The molecular weight excluding hydrogens is 150 g/mol. The van der Waals surface area contributed by atoms with E-state index < -0.39 is 0 Å². The average molecular weight is 167 g/mol. The first kappa shape index (κ1) is 9.30. The van der Waals surface area contributed by atoms with Crippen LogP contribution in [0.25, 0.3) is 0 Å². The highest BCUT2D eigenvalue weighted by Crippen LogP contribution is 2.16. The summed E-state index contributed by atoms with van der Waals surface area (Å²) in [7, 11) is 0. The van der Waals surface area contributed by atoms with E-state index in [0.717, 1.165) is 25.1 Å². The lowest BCUT2D eigenvalue weighted by Crippen LogP contribution is -2.22. The second-order valence-corrected chi connectivity index (χ2v) is 3.70. The number of nitrogens with zero attached hydrogens (tertiary/aromatic N) is 1. The molecule has 1 fully saturated rings. The molecular formula is C10H17NO. The Bertz CT molecular complexity index is 206. The van der Waals surface area contributed by atoms with Crippen LogP contribution in [0.1, 0.15) is 33.6 Å². The van der Waals surface area contributed by atoms with Crippen LogP contribution in [-0.2, 0) is 4.79 Å². The topological polar surface area (TPSA) is 20.3 Å². The van der Waals surface area contributed by atoms with E-state index in [0.29, 0.717) is 5.92 Å². The molecule has 0 unspecified atom stereocenters. The number of amides is 1. The molecule has 12 heavy (non-hydrogen) atoms. The number of hydrogen-bond donors (Lipinski definition) is 0. The molecule has 2 nitrogen and oxygen atoms in total. The summed E-state index contributed by atoms with van der Waals surface area (Å²) in [5.41, 5.74) is 1.12. The third-order valence-electron chi connectivity index (χ3n) is 2.07. The van der Waals surface area contributed by atoms with Crippen LogP contribution >= 0.6 is 0 Å². The first-order valence-corrected chi connectivity index (χ1v) is 4.60. The van der Waals surface area contributed by atoms with Gasteiger partial charge in [0.25, 0.3) is 0 Å². The van der Waals surface area contributed by atoms with E-state index in [1.54, 1.807) is 0 Å². The zero-order valence-corrected chi connectivity index (χ0v) is 8.13. The summed E-state index contributed by atoms with van der Waals surface area (Å²) < 4.78 is 0. The SMILES string of the molecule is CC(=CC(C)C)N1CCCC1=O. The van der Waals surface area contributed by atoms with Crippen molar-refractivity contribution >= 4 is 5.91 Å². The van der Waals surface area contributed by atoms with Crippen LogP contribution in [0, 0.1) is 5.92 Å². The molecule has 0 atom stereocenters. The molecule has 68 valence electrons. The van der Waals surface area contributed by atoms with Gasteiger partial charge in [0.15, 0.2) is 0 Å². The van der Waals surface area contributed by atoms with Gasteiger partial charge in [-0.1, -0.05) is 19.9 Å². The number of likely N-dealkylation sites (tertiary alicyclic amines) is 1. The van der Waals surface area contributed by atoms with E-state index in [1.165, 1.54) is 0 Å². The lowest BCUT2D eigenvalue weighted by Gasteiger charge is -2.16. The van der Waals surface area contributed by atoms with Crippen molar-refractivity contribution in [3.05, 3.63) is 11.8 Å². The van der Waals surface area contributed by atoms with Gasteiger partial charge in [-0.25, -0.2) is 0 Å². The van der Waals surface area contributed by atoms with Crippen molar-refractivity contribution in [3.63, 3.8) is 0 Å². The third-order valence-corrected chi connectivity index (χ3v) is 2.07. The largest absolute Gasteiger partial charge is 0.317 e. The van der Waals surface area contributed by atoms with Crippen LogP contribution in [0.15, 0.2) is 11.8 Å². The molecule has 1 aliphatic rings. The molecule has 1 amide bonds. The standard InChI is InChI=1S/C10H17NO/c1-8(2)7-9(3)11-6-4-5-10(11)12/h7-8H,4-6H2,1-3H3. The van der Waals surface area contributed by atoms with Gasteiger partial charge < -0.3 is 4.90 Å². The van der Waals surface area contributed by atoms with Crippen LogP contribution < -0.4 is 0 Å². The third kappa shape index (κ3) is 2.10. The van der Waals surface area contributed by atoms with Crippen LogP contribution in [0.4, 0.5) is 0 Å². The van der Waals surface area contributed by atoms with Gasteiger partial charge in [0, 0.05) is 18.7 Å². The number of carbonyl (C=O) groups excluding carboxylic acids is 1.